The van der Waals surface area contributed by atoms with E-state index in [9.17, 15) is 0 Å². The molecule has 0 spiro atoms. The molecule has 2 aromatic rings. The van der Waals surface area contributed by atoms with Crippen LogP contribution in [0, 0.1) is 12.8 Å². The van der Waals surface area contributed by atoms with Crippen LogP contribution in [0.3, 0.4) is 0 Å². The zero-order valence-corrected chi connectivity index (χ0v) is 12.9. The maximum Gasteiger partial charge on any atom is 0.127 e. The zero-order chi connectivity index (χ0) is 14.1. The molecule has 0 N–H and O–H groups in total. The van der Waals surface area contributed by atoms with Gasteiger partial charge >= 0.3 is 0 Å². The van der Waals surface area contributed by atoms with Gasteiger partial charge in [0.05, 0.1) is 23.0 Å². The van der Waals surface area contributed by atoms with Crippen molar-refractivity contribution in [3.8, 4) is 0 Å². The molecule has 1 aliphatic carbocycles. The summed E-state index contributed by atoms with van der Waals surface area (Å²) < 4.78 is 7.95. The fourth-order valence-corrected chi connectivity index (χ4v) is 2.65. The maximum atomic E-state index is 6.27. The summed E-state index contributed by atoms with van der Waals surface area (Å²) in [6.07, 6.45) is 2.66. The standard InChI is InChI=1S/C16H21ClN2O/c1-11-3-6-14-15(9-11)19(16(18-14)12(2)17)7-8-20-10-13-4-5-13/h3,6,9,12-13H,4-5,7-8,10H2,1-2H3. The first-order valence-electron chi connectivity index (χ1n) is 7.34. The molecule has 1 atom stereocenters. The molecule has 1 aromatic heterocycles. The second kappa shape index (κ2) is 5.74. The molecule has 0 saturated heterocycles. The highest BCUT2D eigenvalue weighted by molar-refractivity contribution is 6.20. The van der Waals surface area contributed by atoms with Crippen molar-refractivity contribution in [2.75, 3.05) is 13.2 Å². The van der Waals surface area contributed by atoms with Crippen molar-refractivity contribution >= 4 is 22.6 Å². The van der Waals surface area contributed by atoms with Crippen LogP contribution in [0.5, 0.6) is 0 Å². The minimum atomic E-state index is -0.0915. The fourth-order valence-electron chi connectivity index (χ4n) is 2.48. The van der Waals surface area contributed by atoms with E-state index in [-0.39, 0.29) is 5.38 Å². The van der Waals surface area contributed by atoms with Gasteiger partial charge in [-0.2, -0.15) is 0 Å². The number of aromatic nitrogens is 2. The molecule has 0 bridgehead atoms. The molecule has 3 rings (SSSR count). The first-order valence-corrected chi connectivity index (χ1v) is 7.77. The molecule has 1 heterocycles. The molecule has 1 fully saturated rings. The van der Waals surface area contributed by atoms with Crippen LogP contribution in [0.15, 0.2) is 18.2 Å². The number of hydrogen-bond donors (Lipinski definition) is 0. The predicted molar refractivity (Wildman–Crippen MR) is 82.3 cm³/mol. The molecule has 1 aliphatic rings. The van der Waals surface area contributed by atoms with Gasteiger partial charge in [0.15, 0.2) is 0 Å². The largest absolute Gasteiger partial charge is 0.379 e. The van der Waals surface area contributed by atoms with E-state index in [0.717, 1.165) is 42.5 Å². The van der Waals surface area contributed by atoms with Crippen molar-refractivity contribution in [2.24, 2.45) is 5.92 Å². The number of halogens is 1. The minimum Gasteiger partial charge on any atom is -0.379 e. The second-order valence-electron chi connectivity index (χ2n) is 5.75. The van der Waals surface area contributed by atoms with E-state index >= 15 is 0 Å². The number of benzene rings is 1. The van der Waals surface area contributed by atoms with Gasteiger partial charge in [0, 0.05) is 13.2 Å². The Bertz CT molecular complexity index is 602. The van der Waals surface area contributed by atoms with Crippen LogP contribution in [-0.4, -0.2) is 22.8 Å². The van der Waals surface area contributed by atoms with Crippen molar-refractivity contribution in [2.45, 2.75) is 38.6 Å². The van der Waals surface area contributed by atoms with Crippen molar-refractivity contribution in [3.05, 3.63) is 29.6 Å². The Morgan fingerprint density at radius 3 is 2.95 bits per heavy atom. The number of fused-ring (bicyclic) bond motifs is 1. The van der Waals surface area contributed by atoms with Crippen LogP contribution < -0.4 is 0 Å². The van der Waals surface area contributed by atoms with Gasteiger partial charge in [-0.1, -0.05) is 6.07 Å². The smallest absolute Gasteiger partial charge is 0.127 e. The second-order valence-corrected chi connectivity index (χ2v) is 6.40. The molecule has 108 valence electrons. The number of alkyl halides is 1. The van der Waals surface area contributed by atoms with E-state index < -0.39 is 0 Å². The maximum absolute atomic E-state index is 6.27. The van der Waals surface area contributed by atoms with Gasteiger partial charge in [0.1, 0.15) is 5.82 Å². The topological polar surface area (TPSA) is 27.1 Å². The Kier molecular flexibility index (Phi) is 3.99. The molecule has 20 heavy (non-hydrogen) atoms. The summed E-state index contributed by atoms with van der Waals surface area (Å²) in [5.74, 6) is 1.74. The molecule has 0 aliphatic heterocycles. The van der Waals surface area contributed by atoms with E-state index in [0.29, 0.717) is 0 Å². The van der Waals surface area contributed by atoms with Crippen LogP contribution in [0.25, 0.3) is 11.0 Å². The molecular formula is C16H21ClN2O. The van der Waals surface area contributed by atoms with Crippen LogP contribution in [-0.2, 0) is 11.3 Å². The van der Waals surface area contributed by atoms with Crippen LogP contribution in [0.1, 0.15) is 36.5 Å². The number of imidazole rings is 1. The molecule has 4 heteroatoms. The number of rotatable bonds is 6. The summed E-state index contributed by atoms with van der Waals surface area (Å²) in [5, 5.41) is -0.0915. The third kappa shape index (κ3) is 2.99. The third-order valence-corrected chi connectivity index (χ3v) is 3.99. The highest BCUT2D eigenvalue weighted by atomic mass is 35.5. The Hall–Kier alpha value is -1.06. The van der Waals surface area contributed by atoms with Gasteiger partial charge in [-0.25, -0.2) is 4.98 Å². The molecule has 1 saturated carbocycles. The number of ether oxygens (including phenoxy) is 1. The quantitative estimate of drug-likeness (QED) is 0.593. The molecule has 0 amide bonds. The van der Waals surface area contributed by atoms with Crippen LogP contribution in [0.4, 0.5) is 0 Å². The Morgan fingerprint density at radius 2 is 2.25 bits per heavy atom. The highest BCUT2D eigenvalue weighted by Gasteiger charge is 2.21. The van der Waals surface area contributed by atoms with E-state index in [4.69, 9.17) is 16.3 Å². The summed E-state index contributed by atoms with van der Waals surface area (Å²) >= 11 is 6.27. The van der Waals surface area contributed by atoms with Gasteiger partial charge in [-0.3, -0.25) is 0 Å². The van der Waals surface area contributed by atoms with Gasteiger partial charge < -0.3 is 9.30 Å². The molecule has 0 radical (unpaired) electrons. The average Bonchev–Trinajstić information content (AvgIpc) is 3.16. The zero-order valence-electron chi connectivity index (χ0n) is 12.1. The molecular weight excluding hydrogens is 272 g/mol. The van der Waals surface area contributed by atoms with Crippen LogP contribution in [0.2, 0.25) is 0 Å². The van der Waals surface area contributed by atoms with Crippen molar-refractivity contribution in [3.63, 3.8) is 0 Å². The summed E-state index contributed by atoms with van der Waals surface area (Å²) in [7, 11) is 0. The fraction of sp³-hybridized carbons (Fsp3) is 0.562. The average molecular weight is 293 g/mol. The summed E-state index contributed by atoms with van der Waals surface area (Å²) in [6, 6.07) is 6.33. The van der Waals surface area contributed by atoms with Gasteiger partial charge in [0.2, 0.25) is 0 Å². The lowest BCUT2D eigenvalue weighted by atomic mass is 10.2. The molecule has 3 nitrogen and oxygen atoms in total. The normalized spacial score (nSPS) is 16.8. The van der Waals surface area contributed by atoms with Crippen LogP contribution >= 0.6 is 11.6 Å². The molecule has 1 aromatic carbocycles. The summed E-state index contributed by atoms with van der Waals surface area (Å²) in [6.45, 7) is 6.52. The first kappa shape index (κ1) is 13.9. The Labute approximate surface area is 124 Å². The summed E-state index contributed by atoms with van der Waals surface area (Å²) in [5.41, 5.74) is 3.41. The van der Waals surface area contributed by atoms with Crippen molar-refractivity contribution in [1.29, 1.82) is 0 Å². The monoisotopic (exact) mass is 292 g/mol. The van der Waals surface area contributed by atoms with Gasteiger partial charge in [-0.15, -0.1) is 11.6 Å². The first-order chi connectivity index (χ1) is 9.65. The lowest BCUT2D eigenvalue weighted by Gasteiger charge is -2.11. The number of aryl methyl sites for hydroxylation is 1. The van der Waals surface area contributed by atoms with E-state index in [1.54, 1.807) is 0 Å². The highest BCUT2D eigenvalue weighted by Crippen LogP contribution is 2.29. The van der Waals surface area contributed by atoms with E-state index in [1.807, 2.05) is 6.92 Å². The number of nitrogens with zero attached hydrogens (tertiary/aromatic N) is 2. The summed E-state index contributed by atoms with van der Waals surface area (Å²) in [4.78, 5) is 4.65. The van der Waals surface area contributed by atoms with E-state index in [2.05, 4.69) is 34.7 Å². The van der Waals surface area contributed by atoms with Gasteiger partial charge in [0.25, 0.3) is 0 Å². The van der Waals surface area contributed by atoms with Gasteiger partial charge in [-0.05, 0) is 50.3 Å². The lowest BCUT2D eigenvalue weighted by Crippen LogP contribution is -2.11. The minimum absolute atomic E-state index is 0.0915. The lowest BCUT2D eigenvalue weighted by molar-refractivity contribution is 0.117. The Balaban J connectivity index is 1.81. The predicted octanol–water partition coefficient (Wildman–Crippen LogP) is 4.07. The SMILES string of the molecule is Cc1ccc2nc(C(C)Cl)n(CCOCC3CC3)c2c1. The van der Waals surface area contributed by atoms with E-state index in [1.165, 1.54) is 18.4 Å². The van der Waals surface area contributed by atoms with Crippen molar-refractivity contribution in [1.82, 2.24) is 9.55 Å². The number of hydrogen-bond acceptors (Lipinski definition) is 2. The third-order valence-electron chi connectivity index (χ3n) is 3.80. The Morgan fingerprint density at radius 1 is 1.45 bits per heavy atom. The van der Waals surface area contributed by atoms with Crippen molar-refractivity contribution < 1.29 is 4.74 Å². The molecule has 1 unspecified atom stereocenters.